The van der Waals surface area contributed by atoms with E-state index in [1.165, 1.54) is 0 Å². The fourth-order valence-electron chi connectivity index (χ4n) is 2.63. The fourth-order valence-corrected chi connectivity index (χ4v) is 2.83. The Labute approximate surface area is 113 Å². The van der Waals surface area contributed by atoms with Gasteiger partial charge in [0.15, 0.2) is 0 Å². The Morgan fingerprint density at radius 2 is 2.33 bits per heavy atom. The van der Waals surface area contributed by atoms with Crippen molar-refractivity contribution >= 4 is 17.4 Å². The molecule has 0 amide bonds. The number of aryl methyl sites for hydroxylation is 2. The molecule has 5 heteroatoms. The molecule has 1 saturated heterocycles. The Hall–Kier alpha value is -0.870. The van der Waals surface area contributed by atoms with E-state index in [1.807, 2.05) is 18.5 Å². The van der Waals surface area contributed by atoms with E-state index in [9.17, 15) is 4.79 Å². The van der Waals surface area contributed by atoms with Gasteiger partial charge in [0.05, 0.1) is 22.8 Å². The smallest absolute Gasteiger partial charge is 0.143 e. The highest BCUT2D eigenvalue weighted by Crippen LogP contribution is 2.24. The second-order valence-electron chi connectivity index (χ2n) is 4.94. The van der Waals surface area contributed by atoms with Gasteiger partial charge in [0.2, 0.25) is 0 Å². The summed E-state index contributed by atoms with van der Waals surface area (Å²) in [6, 6.07) is 0.273. The Morgan fingerprint density at radius 1 is 1.61 bits per heavy atom. The number of carbonyl (C=O) groups is 1. The molecule has 1 aliphatic rings. The van der Waals surface area contributed by atoms with E-state index < -0.39 is 0 Å². The molecule has 1 fully saturated rings. The normalized spacial score (nSPS) is 23.6. The predicted molar refractivity (Wildman–Crippen MR) is 71.9 cm³/mol. The van der Waals surface area contributed by atoms with E-state index >= 15 is 0 Å². The molecule has 2 heterocycles. The summed E-state index contributed by atoms with van der Waals surface area (Å²) >= 11 is 6.23. The van der Waals surface area contributed by atoms with Gasteiger partial charge in [-0.05, 0) is 33.7 Å². The van der Waals surface area contributed by atoms with Crippen LogP contribution in [0.5, 0.6) is 0 Å². The summed E-state index contributed by atoms with van der Waals surface area (Å²) < 4.78 is 1.84. The lowest BCUT2D eigenvalue weighted by molar-refractivity contribution is -0.122. The van der Waals surface area contributed by atoms with Crippen LogP contribution in [0, 0.1) is 12.8 Å². The van der Waals surface area contributed by atoms with Crippen LogP contribution in [0.15, 0.2) is 0 Å². The molecule has 2 rings (SSSR count). The summed E-state index contributed by atoms with van der Waals surface area (Å²) in [4.78, 5) is 12.3. The number of halogens is 1. The van der Waals surface area contributed by atoms with Gasteiger partial charge in [-0.3, -0.25) is 9.48 Å². The van der Waals surface area contributed by atoms with Crippen molar-refractivity contribution in [3.05, 3.63) is 16.4 Å². The summed E-state index contributed by atoms with van der Waals surface area (Å²) in [6.07, 6.45) is 1.32. The molecular formula is C13H20ClN3O. The van der Waals surface area contributed by atoms with Crippen molar-refractivity contribution in [2.45, 2.75) is 46.2 Å². The summed E-state index contributed by atoms with van der Waals surface area (Å²) in [6.45, 7) is 7.63. The first-order valence-electron chi connectivity index (χ1n) is 6.52. The van der Waals surface area contributed by atoms with Crippen molar-refractivity contribution in [3.63, 3.8) is 0 Å². The van der Waals surface area contributed by atoms with Crippen LogP contribution in [-0.2, 0) is 17.8 Å². The number of nitrogens with one attached hydrogen (secondary N) is 1. The number of hydrogen-bond acceptors (Lipinski definition) is 3. The predicted octanol–water partition coefficient (Wildman–Crippen LogP) is 1.97. The number of hydrogen-bond donors (Lipinski definition) is 1. The van der Waals surface area contributed by atoms with E-state index in [-0.39, 0.29) is 17.7 Å². The van der Waals surface area contributed by atoms with Crippen molar-refractivity contribution in [2.75, 3.05) is 6.54 Å². The third-order valence-corrected chi connectivity index (χ3v) is 4.22. The summed E-state index contributed by atoms with van der Waals surface area (Å²) in [7, 11) is 0. The summed E-state index contributed by atoms with van der Waals surface area (Å²) in [5, 5.41) is 8.30. The molecule has 0 aromatic carbocycles. The van der Waals surface area contributed by atoms with Crippen LogP contribution in [0.4, 0.5) is 0 Å². The first kappa shape index (κ1) is 13.6. The number of aromatic nitrogens is 2. The van der Waals surface area contributed by atoms with E-state index in [0.29, 0.717) is 11.4 Å². The molecule has 0 saturated carbocycles. The third kappa shape index (κ3) is 2.45. The molecule has 1 aliphatic heterocycles. The number of ketones is 1. The van der Waals surface area contributed by atoms with Gasteiger partial charge in [-0.2, -0.15) is 5.10 Å². The van der Waals surface area contributed by atoms with Gasteiger partial charge in [0.1, 0.15) is 5.78 Å². The first-order chi connectivity index (χ1) is 8.54. The van der Waals surface area contributed by atoms with Crippen LogP contribution in [-0.4, -0.2) is 28.2 Å². The maximum absolute atomic E-state index is 12.3. The Kier molecular flexibility index (Phi) is 4.07. The molecule has 0 spiro atoms. The standard InChI is InChI=1S/C13H20ClN3O/c1-4-17-11(13(14)9(3)16-17)7-12(18)10-5-6-15-8(10)2/h8,10,15H,4-7H2,1-3H3. The lowest BCUT2D eigenvalue weighted by Crippen LogP contribution is -2.29. The quantitative estimate of drug-likeness (QED) is 0.909. The van der Waals surface area contributed by atoms with E-state index in [4.69, 9.17) is 11.6 Å². The van der Waals surface area contributed by atoms with Crippen LogP contribution < -0.4 is 5.32 Å². The molecule has 0 bridgehead atoms. The highest BCUT2D eigenvalue weighted by Gasteiger charge is 2.30. The van der Waals surface area contributed by atoms with Crippen LogP contribution in [0.2, 0.25) is 5.02 Å². The summed E-state index contributed by atoms with van der Waals surface area (Å²) in [5.41, 5.74) is 1.67. The molecule has 2 atom stereocenters. The van der Waals surface area contributed by atoms with Crippen molar-refractivity contribution in [2.24, 2.45) is 5.92 Å². The fraction of sp³-hybridized carbons (Fsp3) is 0.692. The maximum Gasteiger partial charge on any atom is 0.143 e. The van der Waals surface area contributed by atoms with Crippen LogP contribution >= 0.6 is 11.6 Å². The maximum atomic E-state index is 12.3. The van der Waals surface area contributed by atoms with Crippen molar-refractivity contribution in [3.8, 4) is 0 Å². The summed E-state index contributed by atoms with van der Waals surface area (Å²) in [5.74, 6) is 0.380. The lowest BCUT2D eigenvalue weighted by Gasteiger charge is -2.14. The van der Waals surface area contributed by atoms with E-state index in [1.54, 1.807) is 0 Å². The van der Waals surface area contributed by atoms with Gasteiger partial charge in [-0.1, -0.05) is 11.6 Å². The van der Waals surface area contributed by atoms with E-state index in [2.05, 4.69) is 17.3 Å². The first-order valence-corrected chi connectivity index (χ1v) is 6.90. The minimum absolute atomic E-state index is 0.113. The SMILES string of the molecule is CCn1nc(C)c(Cl)c1CC(=O)C1CCNC1C. The molecule has 4 nitrogen and oxygen atoms in total. The van der Waals surface area contributed by atoms with Gasteiger partial charge < -0.3 is 5.32 Å². The Morgan fingerprint density at radius 3 is 2.89 bits per heavy atom. The minimum atomic E-state index is 0.113. The molecular weight excluding hydrogens is 250 g/mol. The molecule has 0 aliphatic carbocycles. The van der Waals surface area contributed by atoms with E-state index in [0.717, 1.165) is 30.9 Å². The number of carbonyl (C=O) groups excluding carboxylic acids is 1. The largest absolute Gasteiger partial charge is 0.314 e. The molecule has 1 aromatic rings. The molecule has 18 heavy (non-hydrogen) atoms. The average Bonchev–Trinajstić information content (AvgIpc) is 2.87. The topological polar surface area (TPSA) is 46.9 Å². The minimum Gasteiger partial charge on any atom is -0.314 e. The van der Waals surface area contributed by atoms with Crippen molar-refractivity contribution < 1.29 is 4.79 Å². The zero-order valence-corrected chi connectivity index (χ0v) is 11.9. The number of nitrogens with zero attached hydrogens (tertiary/aromatic N) is 2. The van der Waals surface area contributed by atoms with Crippen LogP contribution in [0.3, 0.4) is 0 Å². The van der Waals surface area contributed by atoms with Crippen LogP contribution in [0.1, 0.15) is 31.7 Å². The average molecular weight is 270 g/mol. The highest BCUT2D eigenvalue weighted by molar-refractivity contribution is 6.32. The molecule has 1 N–H and O–H groups in total. The monoisotopic (exact) mass is 269 g/mol. The van der Waals surface area contributed by atoms with Gasteiger partial charge in [0.25, 0.3) is 0 Å². The third-order valence-electron chi connectivity index (χ3n) is 3.73. The zero-order valence-electron chi connectivity index (χ0n) is 11.2. The second-order valence-corrected chi connectivity index (χ2v) is 5.32. The Balaban J connectivity index is 2.16. The zero-order chi connectivity index (χ0) is 13.3. The molecule has 2 unspecified atom stereocenters. The molecule has 1 aromatic heterocycles. The van der Waals surface area contributed by atoms with Gasteiger partial charge in [-0.15, -0.1) is 0 Å². The van der Waals surface area contributed by atoms with Gasteiger partial charge in [-0.25, -0.2) is 0 Å². The van der Waals surface area contributed by atoms with Gasteiger partial charge >= 0.3 is 0 Å². The second kappa shape index (κ2) is 5.41. The lowest BCUT2D eigenvalue weighted by atomic mass is 9.94. The molecule has 100 valence electrons. The van der Waals surface area contributed by atoms with Crippen molar-refractivity contribution in [1.82, 2.24) is 15.1 Å². The van der Waals surface area contributed by atoms with Crippen molar-refractivity contribution in [1.29, 1.82) is 0 Å². The highest BCUT2D eigenvalue weighted by atomic mass is 35.5. The molecule has 0 radical (unpaired) electrons. The Bertz CT molecular complexity index is 455. The number of rotatable bonds is 4. The van der Waals surface area contributed by atoms with Crippen LogP contribution in [0.25, 0.3) is 0 Å². The number of Topliss-reactive ketones (excluding diaryl/α,β-unsaturated/α-hetero) is 1. The van der Waals surface area contributed by atoms with Gasteiger partial charge in [0, 0.05) is 18.5 Å².